The minimum Gasteiger partial charge on any atom is -0.396 e. The van der Waals surface area contributed by atoms with Crippen molar-refractivity contribution in [2.75, 3.05) is 26.2 Å². The second-order valence-corrected chi connectivity index (χ2v) is 5.33. The maximum absolute atomic E-state index is 12.0. The molecule has 0 bridgehead atoms. The Hall–Kier alpha value is -0.610. The Morgan fingerprint density at radius 3 is 2.47 bits per heavy atom. The molecular weight excluding hydrogens is 216 g/mol. The lowest BCUT2D eigenvalue weighted by molar-refractivity contribution is -0.126. The Bertz CT molecular complexity index is 244. The van der Waals surface area contributed by atoms with Crippen LogP contribution in [0.3, 0.4) is 0 Å². The van der Waals surface area contributed by atoms with E-state index in [1.807, 2.05) is 0 Å². The summed E-state index contributed by atoms with van der Waals surface area (Å²) in [5.74, 6) is 0.615. The Morgan fingerprint density at radius 1 is 1.41 bits per heavy atom. The first-order chi connectivity index (χ1) is 8.08. The van der Waals surface area contributed by atoms with Crippen LogP contribution >= 0.6 is 0 Å². The SMILES string of the molecule is CCC(CC)(CO)CNC(=O)C1CNCC1C. The first-order valence-electron chi connectivity index (χ1n) is 6.68. The van der Waals surface area contributed by atoms with Crippen molar-refractivity contribution in [1.29, 1.82) is 0 Å². The molecule has 0 aromatic heterocycles. The van der Waals surface area contributed by atoms with Gasteiger partial charge in [-0.3, -0.25) is 4.79 Å². The van der Waals surface area contributed by atoms with Gasteiger partial charge in [-0.05, 0) is 25.3 Å². The molecule has 2 atom stereocenters. The second-order valence-electron chi connectivity index (χ2n) is 5.33. The highest BCUT2D eigenvalue weighted by Gasteiger charge is 2.32. The zero-order valence-electron chi connectivity index (χ0n) is 11.3. The molecule has 1 saturated heterocycles. The summed E-state index contributed by atoms with van der Waals surface area (Å²) in [6.45, 7) is 8.64. The molecule has 1 amide bonds. The van der Waals surface area contributed by atoms with E-state index in [9.17, 15) is 9.90 Å². The number of hydrogen-bond donors (Lipinski definition) is 3. The van der Waals surface area contributed by atoms with Gasteiger partial charge >= 0.3 is 0 Å². The van der Waals surface area contributed by atoms with Gasteiger partial charge in [0.15, 0.2) is 0 Å². The highest BCUT2D eigenvalue weighted by molar-refractivity contribution is 5.79. The molecule has 2 unspecified atom stereocenters. The summed E-state index contributed by atoms with van der Waals surface area (Å²) in [5.41, 5.74) is -0.148. The van der Waals surface area contributed by atoms with E-state index in [1.165, 1.54) is 0 Å². The van der Waals surface area contributed by atoms with Crippen LogP contribution in [0.2, 0.25) is 0 Å². The van der Waals surface area contributed by atoms with Gasteiger partial charge in [-0.25, -0.2) is 0 Å². The molecule has 1 aliphatic rings. The first kappa shape index (κ1) is 14.5. The van der Waals surface area contributed by atoms with Gasteiger partial charge in [0.25, 0.3) is 0 Å². The molecule has 0 saturated carbocycles. The van der Waals surface area contributed by atoms with Crippen LogP contribution in [-0.4, -0.2) is 37.3 Å². The van der Waals surface area contributed by atoms with Gasteiger partial charge in [0.05, 0.1) is 12.5 Å². The van der Waals surface area contributed by atoms with E-state index in [-0.39, 0.29) is 23.8 Å². The molecule has 4 nitrogen and oxygen atoms in total. The molecule has 0 radical (unpaired) electrons. The minimum absolute atomic E-state index is 0.0834. The van der Waals surface area contributed by atoms with Crippen LogP contribution in [0.25, 0.3) is 0 Å². The van der Waals surface area contributed by atoms with Crippen LogP contribution in [0.5, 0.6) is 0 Å². The van der Waals surface area contributed by atoms with Crippen molar-refractivity contribution in [1.82, 2.24) is 10.6 Å². The lowest BCUT2D eigenvalue weighted by Crippen LogP contribution is -2.43. The normalized spacial score (nSPS) is 24.9. The highest BCUT2D eigenvalue weighted by atomic mass is 16.3. The number of hydrogen-bond acceptors (Lipinski definition) is 3. The van der Waals surface area contributed by atoms with E-state index < -0.39 is 0 Å². The monoisotopic (exact) mass is 242 g/mol. The van der Waals surface area contributed by atoms with Gasteiger partial charge in [-0.15, -0.1) is 0 Å². The quantitative estimate of drug-likeness (QED) is 0.644. The largest absolute Gasteiger partial charge is 0.396 e. The molecular formula is C13H26N2O2. The first-order valence-corrected chi connectivity index (χ1v) is 6.68. The predicted molar refractivity (Wildman–Crippen MR) is 68.6 cm³/mol. The maximum Gasteiger partial charge on any atom is 0.224 e. The van der Waals surface area contributed by atoms with Crippen LogP contribution in [0.1, 0.15) is 33.6 Å². The summed E-state index contributed by atoms with van der Waals surface area (Å²) < 4.78 is 0. The van der Waals surface area contributed by atoms with Crippen molar-refractivity contribution in [2.24, 2.45) is 17.3 Å². The van der Waals surface area contributed by atoms with Crippen molar-refractivity contribution in [3.8, 4) is 0 Å². The van der Waals surface area contributed by atoms with Crippen LogP contribution in [0.15, 0.2) is 0 Å². The van der Waals surface area contributed by atoms with Gasteiger partial charge in [0.2, 0.25) is 5.91 Å². The fourth-order valence-corrected chi connectivity index (χ4v) is 2.35. The third-order valence-electron chi connectivity index (χ3n) is 4.33. The van der Waals surface area contributed by atoms with Crippen molar-refractivity contribution in [2.45, 2.75) is 33.6 Å². The van der Waals surface area contributed by atoms with Gasteiger partial charge in [0, 0.05) is 18.5 Å². The summed E-state index contributed by atoms with van der Waals surface area (Å²) >= 11 is 0. The maximum atomic E-state index is 12.0. The molecule has 1 aliphatic heterocycles. The van der Waals surface area contributed by atoms with Crippen molar-refractivity contribution in [3.63, 3.8) is 0 Å². The molecule has 0 aliphatic carbocycles. The van der Waals surface area contributed by atoms with Crippen molar-refractivity contribution in [3.05, 3.63) is 0 Å². The van der Waals surface area contributed by atoms with Crippen LogP contribution in [-0.2, 0) is 4.79 Å². The lowest BCUT2D eigenvalue weighted by Gasteiger charge is -2.30. The van der Waals surface area contributed by atoms with E-state index >= 15 is 0 Å². The number of carbonyl (C=O) groups is 1. The number of amides is 1. The van der Waals surface area contributed by atoms with Gasteiger partial charge in [-0.1, -0.05) is 20.8 Å². The predicted octanol–water partition coefficient (Wildman–Crippen LogP) is 0.757. The zero-order chi connectivity index (χ0) is 12.9. The van der Waals surface area contributed by atoms with E-state index in [0.717, 1.165) is 25.9 Å². The molecule has 0 aromatic rings. The lowest BCUT2D eigenvalue weighted by atomic mass is 9.83. The fourth-order valence-electron chi connectivity index (χ4n) is 2.35. The van der Waals surface area contributed by atoms with E-state index in [1.54, 1.807) is 0 Å². The van der Waals surface area contributed by atoms with Crippen molar-refractivity contribution >= 4 is 5.91 Å². The zero-order valence-corrected chi connectivity index (χ0v) is 11.3. The molecule has 3 N–H and O–H groups in total. The Balaban J connectivity index is 2.46. The fraction of sp³-hybridized carbons (Fsp3) is 0.923. The number of aliphatic hydroxyl groups excluding tert-OH is 1. The number of rotatable bonds is 6. The summed E-state index contributed by atoms with van der Waals surface area (Å²) in [6.07, 6.45) is 1.78. The minimum atomic E-state index is -0.148. The van der Waals surface area contributed by atoms with Crippen LogP contribution in [0, 0.1) is 17.3 Å². The van der Waals surface area contributed by atoms with Gasteiger partial charge < -0.3 is 15.7 Å². The average molecular weight is 242 g/mol. The molecule has 17 heavy (non-hydrogen) atoms. The average Bonchev–Trinajstić information content (AvgIpc) is 2.78. The molecule has 100 valence electrons. The molecule has 1 heterocycles. The Labute approximate surface area is 104 Å². The smallest absolute Gasteiger partial charge is 0.224 e. The van der Waals surface area contributed by atoms with E-state index in [0.29, 0.717) is 12.5 Å². The Kier molecular flexibility index (Phi) is 5.40. The highest BCUT2D eigenvalue weighted by Crippen LogP contribution is 2.25. The summed E-state index contributed by atoms with van der Waals surface area (Å²) in [7, 11) is 0. The second kappa shape index (κ2) is 6.36. The molecule has 4 heteroatoms. The topological polar surface area (TPSA) is 61.4 Å². The molecule has 0 spiro atoms. The summed E-state index contributed by atoms with van der Waals surface area (Å²) in [5, 5.41) is 15.7. The number of carbonyl (C=O) groups excluding carboxylic acids is 1. The third-order valence-corrected chi connectivity index (χ3v) is 4.33. The van der Waals surface area contributed by atoms with E-state index in [2.05, 4.69) is 31.4 Å². The van der Waals surface area contributed by atoms with Crippen molar-refractivity contribution < 1.29 is 9.90 Å². The van der Waals surface area contributed by atoms with E-state index in [4.69, 9.17) is 0 Å². The number of aliphatic hydroxyl groups is 1. The number of nitrogens with one attached hydrogen (secondary N) is 2. The van der Waals surface area contributed by atoms with Gasteiger partial charge in [0.1, 0.15) is 0 Å². The summed E-state index contributed by atoms with van der Waals surface area (Å²) in [6, 6.07) is 0. The summed E-state index contributed by atoms with van der Waals surface area (Å²) in [4.78, 5) is 12.0. The van der Waals surface area contributed by atoms with Crippen LogP contribution < -0.4 is 10.6 Å². The third kappa shape index (κ3) is 3.42. The van der Waals surface area contributed by atoms with Crippen LogP contribution in [0.4, 0.5) is 0 Å². The molecule has 1 rings (SSSR count). The molecule has 1 fully saturated rings. The Morgan fingerprint density at radius 2 is 2.06 bits per heavy atom. The standard InChI is InChI=1S/C13H26N2O2/c1-4-13(5-2,9-16)8-15-12(17)11-7-14-6-10(11)3/h10-11,14,16H,4-9H2,1-3H3,(H,15,17). The molecule has 0 aromatic carbocycles. The van der Waals surface area contributed by atoms with Gasteiger partial charge in [-0.2, -0.15) is 0 Å².